The molecule has 0 fully saturated rings. The zero-order valence-corrected chi connectivity index (χ0v) is 9.19. The maximum absolute atomic E-state index is 10.0. The van der Waals surface area contributed by atoms with E-state index in [-0.39, 0.29) is 49.1 Å². The van der Waals surface area contributed by atoms with Gasteiger partial charge in [0.25, 0.3) is 0 Å². The van der Waals surface area contributed by atoms with E-state index < -0.39 is 0 Å². The molecule has 0 aromatic rings. The fourth-order valence-corrected chi connectivity index (χ4v) is 0.351. The van der Waals surface area contributed by atoms with Gasteiger partial charge in [-0.15, -0.1) is 0 Å². The van der Waals surface area contributed by atoms with Gasteiger partial charge in [-0.05, 0) is 13.8 Å². The van der Waals surface area contributed by atoms with Crippen LogP contribution in [-0.4, -0.2) is 11.6 Å². The summed E-state index contributed by atoms with van der Waals surface area (Å²) >= 11 is 0. The number of hydrogen-bond acceptors (Lipinski definition) is 2. The molecule has 0 N–H and O–H groups in total. The normalized spacial score (nSPS) is 7.25. The summed E-state index contributed by atoms with van der Waals surface area (Å²) in [5.41, 5.74) is 0. The van der Waals surface area contributed by atoms with Gasteiger partial charge in [0.2, 0.25) is 0 Å². The van der Waals surface area contributed by atoms with Gasteiger partial charge in [-0.3, -0.25) is 9.59 Å². The Balaban J connectivity index is 0. The number of carbonyl (C=O) groups excluding carboxylic acids is 2. The average Bonchev–Trinajstić information content (AvgIpc) is 1.27. The predicted octanol–water partition coefficient (Wildman–Crippen LogP) is 0.554. The minimum absolute atomic E-state index is 0. The molecule has 8 heavy (non-hydrogen) atoms. The van der Waals surface area contributed by atoms with Crippen molar-refractivity contribution in [1.29, 1.82) is 0 Å². The van der Waals surface area contributed by atoms with E-state index in [2.05, 4.69) is 0 Å². The van der Waals surface area contributed by atoms with Crippen LogP contribution in [0.15, 0.2) is 0 Å². The summed E-state index contributed by atoms with van der Waals surface area (Å²) in [5.74, 6) is -0.125. The van der Waals surface area contributed by atoms with E-state index in [1.807, 2.05) is 0 Å². The quantitative estimate of drug-likeness (QED) is 0.690. The number of ketones is 2. The third-order valence-corrected chi connectivity index (χ3v) is 0.498. The van der Waals surface area contributed by atoms with Gasteiger partial charge < -0.3 is 0 Å². The second kappa shape index (κ2) is 5.53. The Kier molecular flexibility index (Phi) is 7.75. The van der Waals surface area contributed by atoms with Crippen LogP contribution in [0.4, 0.5) is 0 Å². The first-order valence-electron chi connectivity index (χ1n) is 2.12. The Morgan fingerprint density at radius 2 is 1.38 bits per heavy atom. The van der Waals surface area contributed by atoms with Crippen LogP contribution in [0.25, 0.3) is 0 Å². The molecule has 0 saturated carbocycles. The number of carbonyl (C=O) groups is 2. The molecule has 0 aliphatic carbocycles. The molecule has 3 heteroatoms. The molecule has 0 bridgehead atoms. The molecule has 44 valence electrons. The Labute approximate surface area is 72.4 Å². The molecule has 0 aliphatic rings. The van der Waals surface area contributed by atoms with Gasteiger partial charge in [0.05, 0.1) is 6.42 Å². The molecule has 2 nitrogen and oxygen atoms in total. The molecule has 0 radical (unpaired) electrons. The number of Topliss-reactive ketones (excluding diaryl/α,β-unsaturated/α-hetero) is 2. The minimum atomic E-state index is -0.0625. The molecule has 0 heterocycles. The molecule has 0 aromatic carbocycles. The second-order valence-electron chi connectivity index (χ2n) is 1.58. The molecule has 0 atom stereocenters. The zero-order chi connectivity index (χ0) is 5.86. The maximum Gasteiger partial charge on any atom is 0.137 e. The van der Waals surface area contributed by atoms with Gasteiger partial charge in [0.1, 0.15) is 11.6 Å². The van der Waals surface area contributed by atoms with Crippen LogP contribution < -0.4 is 0 Å². The van der Waals surface area contributed by atoms with Crippen molar-refractivity contribution in [3.8, 4) is 0 Å². The topological polar surface area (TPSA) is 34.1 Å². The summed E-state index contributed by atoms with van der Waals surface area (Å²) < 4.78 is 0. The van der Waals surface area contributed by atoms with Crippen molar-refractivity contribution in [2.45, 2.75) is 20.3 Å². The molecule has 0 aromatic heterocycles. The van der Waals surface area contributed by atoms with Crippen molar-refractivity contribution in [3.05, 3.63) is 0 Å². The molecule has 0 saturated heterocycles. The first-order valence-corrected chi connectivity index (χ1v) is 2.12. The Morgan fingerprint density at radius 3 is 1.38 bits per heavy atom. The van der Waals surface area contributed by atoms with Gasteiger partial charge in [-0.25, -0.2) is 0 Å². The van der Waals surface area contributed by atoms with E-state index in [0.29, 0.717) is 0 Å². The van der Waals surface area contributed by atoms with E-state index in [9.17, 15) is 9.59 Å². The minimum Gasteiger partial charge on any atom is -0.300 e. The Morgan fingerprint density at radius 1 is 1.12 bits per heavy atom. The molecule has 0 spiro atoms. The summed E-state index contributed by atoms with van der Waals surface area (Å²) in [7, 11) is 0. The Hall–Kier alpha value is 0.392. The van der Waals surface area contributed by atoms with Crippen LogP contribution >= 0.6 is 0 Å². The standard InChI is InChI=1S/C5H8O2.U/c1-4(6)3-5(2)7;/h3H2,1-2H3;. The number of rotatable bonds is 2. The zero-order valence-electron chi connectivity index (χ0n) is 5.02. The summed E-state index contributed by atoms with van der Waals surface area (Å²) in [4.78, 5) is 20.1. The van der Waals surface area contributed by atoms with E-state index in [0.717, 1.165) is 0 Å². The third-order valence-electron chi connectivity index (χ3n) is 0.498. The summed E-state index contributed by atoms with van der Waals surface area (Å²) in [6, 6.07) is 0. The summed E-state index contributed by atoms with van der Waals surface area (Å²) in [5, 5.41) is 0. The molecular formula is C5H8O2U. The van der Waals surface area contributed by atoms with Gasteiger partial charge in [-0.2, -0.15) is 0 Å². The van der Waals surface area contributed by atoms with Crippen molar-refractivity contribution >= 4 is 11.6 Å². The maximum atomic E-state index is 10.0. The van der Waals surface area contributed by atoms with Crippen molar-refractivity contribution in [2.75, 3.05) is 0 Å². The van der Waals surface area contributed by atoms with Gasteiger partial charge in [0.15, 0.2) is 0 Å². The van der Waals surface area contributed by atoms with Crippen molar-refractivity contribution in [1.82, 2.24) is 0 Å². The second-order valence-corrected chi connectivity index (χ2v) is 1.58. The monoisotopic (exact) mass is 338 g/mol. The van der Waals surface area contributed by atoms with Crippen LogP contribution in [0.5, 0.6) is 0 Å². The molecule has 0 unspecified atom stereocenters. The molecule has 0 amide bonds. The van der Waals surface area contributed by atoms with Crippen LogP contribution in [0.3, 0.4) is 0 Å². The fraction of sp³-hybridized carbons (Fsp3) is 0.600. The van der Waals surface area contributed by atoms with Crippen LogP contribution in [-0.2, 0) is 9.59 Å². The third kappa shape index (κ3) is 9.63. The van der Waals surface area contributed by atoms with E-state index in [1.54, 1.807) is 0 Å². The number of hydrogen-bond donors (Lipinski definition) is 0. The first kappa shape index (κ1) is 11.2. The Bertz CT molecular complexity index is 86.6. The largest absolute Gasteiger partial charge is 0.300 e. The van der Waals surface area contributed by atoms with Crippen LogP contribution in [0.2, 0.25) is 0 Å². The van der Waals surface area contributed by atoms with E-state index in [1.165, 1.54) is 13.8 Å². The van der Waals surface area contributed by atoms with E-state index in [4.69, 9.17) is 0 Å². The van der Waals surface area contributed by atoms with E-state index >= 15 is 0 Å². The molecule has 0 aliphatic heterocycles. The van der Waals surface area contributed by atoms with Gasteiger partial charge in [0, 0.05) is 31.1 Å². The van der Waals surface area contributed by atoms with Crippen molar-refractivity contribution < 1.29 is 40.7 Å². The van der Waals surface area contributed by atoms with Crippen LogP contribution in [0, 0.1) is 31.1 Å². The molecule has 0 rings (SSSR count). The predicted molar refractivity (Wildman–Crippen MR) is 26.0 cm³/mol. The average molecular weight is 338 g/mol. The van der Waals surface area contributed by atoms with Gasteiger partial charge >= 0.3 is 0 Å². The van der Waals surface area contributed by atoms with Crippen molar-refractivity contribution in [2.24, 2.45) is 0 Å². The SMILES string of the molecule is CC(=O)CC(C)=O.[U]. The summed E-state index contributed by atoms with van der Waals surface area (Å²) in [6.45, 7) is 2.81. The summed E-state index contributed by atoms with van der Waals surface area (Å²) in [6.07, 6.45) is 0.0833. The smallest absolute Gasteiger partial charge is 0.137 e. The van der Waals surface area contributed by atoms with Crippen molar-refractivity contribution in [3.63, 3.8) is 0 Å². The first-order chi connectivity index (χ1) is 3.13. The molecular weight excluding hydrogens is 330 g/mol. The fourth-order valence-electron chi connectivity index (χ4n) is 0.351. The van der Waals surface area contributed by atoms with Crippen LogP contribution in [0.1, 0.15) is 20.3 Å². The van der Waals surface area contributed by atoms with Gasteiger partial charge in [-0.1, -0.05) is 0 Å².